The van der Waals surface area contributed by atoms with Crippen LogP contribution in [0.4, 0.5) is 4.39 Å². The van der Waals surface area contributed by atoms with Crippen LogP contribution in [-0.2, 0) is 30.3 Å². The van der Waals surface area contributed by atoms with Gasteiger partial charge in [-0.25, -0.2) is 4.39 Å². The number of ether oxygens (including phenoxy) is 1. The molecule has 0 aromatic heterocycles. The van der Waals surface area contributed by atoms with Gasteiger partial charge in [0.15, 0.2) is 0 Å². The second-order valence-corrected chi connectivity index (χ2v) is 10.4. The van der Waals surface area contributed by atoms with E-state index < -0.39 is 46.6 Å². The lowest BCUT2D eigenvalue weighted by atomic mass is 9.84. The zero-order valence-electron chi connectivity index (χ0n) is 19.5. The van der Waals surface area contributed by atoms with Gasteiger partial charge in [-0.1, -0.05) is 48.0 Å². The first-order valence-electron chi connectivity index (χ1n) is 11.3. The smallest absolute Gasteiger partial charge is 0.303 e. The van der Waals surface area contributed by atoms with E-state index in [1.807, 2.05) is 31.2 Å². The highest BCUT2D eigenvalue weighted by molar-refractivity contribution is 7.86. The SMILES string of the molecule is CC(=O)OC1c2cc(F)ccc2Cc2ccccc2C1CC(O)COS(=O)(=O)c1ccc(C)cc1. The van der Waals surface area contributed by atoms with Gasteiger partial charge in [0.2, 0.25) is 0 Å². The largest absolute Gasteiger partial charge is 0.457 e. The van der Waals surface area contributed by atoms with Crippen molar-refractivity contribution in [3.63, 3.8) is 0 Å². The van der Waals surface area contributed by atoms with Crippen molar-refractivity contribution in [2.75, 3.05) is 6.61 Å². The monoisotopic (exact) mass is 498 g/mol. The number of esters is 1. The normalized spacial score (nSPS) is 18.2. The molecule has 0 heterocycles. The number of carbonyl (C=O) groups is 1. The van der Waals surface area contributed by atoms with Gasteiger partial charge in [0.1, 0.15) is 11.9 Å². The Labute approximate surface area is 204 Å². The zero-order valence-corrected chi connectivity index (χ0v) is 20.3. The minimum Gasteiger partial charge on any atom is -0.457 e. The van der Waals surface area contributed by atoms with E-state index in [1.165, 1.54) is 31.2 Å². The van der Waals surface area contributed by atoms with Gasteiger partial charge in [0, 0.05) is 12.8 Å². The Morgan fingerprint density at radius 2 is 1.74 bits per heavy atom. The van der Waals surface area contributed by atoms with Crippen LogP contribution < -0.4 is 0 Å². The molecule has 8 heteroatoms. The number of aliphatic hydroxyl groups excluding tert-OH is 1. The van der Waals surface area contributed by atoms with Crippen LogP contribution in [0.15, 0.2) is 71.6 Å². The molecule has 3 atom stereocenters. The van der Waals surface area contributed by atoms with Gasteiger partial charge in [-0.15, -0.1) is 0 Å². The van der Waals surface area contributed by atoms with Gasteiger partial charge in [-0.2, -0.15) is 8.42 Å². The van der Waals surface area contributed by atoms with Gasteiger partial charge in [0.25, 0.3) is 10.1 Å². The van der Waals surface area contributed by atoms with E-state index in [-0.39, 0.29) is 11.3 Å². The third-order valence-electron chi connectivity index (χ3n) is 6.16. The van der Waals surface area contributed by atoms with E-state index in [2.05, 4.69) is 0 Å². The van der Waals surface area contributed by atoms with Crippen molar-refractivity contribution in [3.8, 4) is 0 Å². The Hall–Kier alpha value is -3.07. The number of rotatable bonds is 7. The van der Waals surface area contributed by atoms with Crippen molar-refractivity contribution in [3.05, 3.63) is 100 Å². The summed E-state index contributed by atoms with van der Waals surface area (Å²) in [6.07, 6.45) is -1.50. The van der Waals surface area contributed by atoms with Gasteiger partial charge >= 0.3 is 5.97 Å². The first kappa shape index (κ1) is 25.0. The maximum Gasteiger partial charge on any atom is 0.303 e. The molecule has 0 saturated carbocycles. The van der Waals surface area contributed by atoms with Crippen LogP contribution in [0.5, 0.6) is 0 Å². The van der Waals surface area contributed by atoms with Crippen molar-refractivity contribution >= 4 is 16.1 Å². The van der Waals surface area contributed by atoms with E-state index in [4.69, 9.17) is 8.92 Å². The third kappa shape index (κ3) is 5.78. The van der Waals surface area contributed by atoms with E-state index in [1.54, 1.807) is 18.2 Å². The second-order valence-electron chi connectivity index (χ2n) is 8.80. The predicted molar refractivity (Wildman–Crippen MR) is 128 cm³/mol. The number of aliphatic hydroxyl groups is 1. The van der Waals surface area contributed by atoms with Gasteiger partial charge in [0.05, 0.1) is 17.6 Å². The number of fused-ring (bicyclic) bond motifs is 2. The molecule has 6 nitrogen and oxygen atoms in total. The van der Waals surface area contributed by atoms with Crippen LogP contribution in [0.3, 0.4) is 0 Å². The van der Waals surface area contributed by atoms with E-state index >= 15 is 0 Å². The summed E-state index contributed by atoms with van der Waals surface area (Å²) in [7, 11) is -4.06. The van der Waals surface area contributed by atoms with Crippen LogP contribution in [0.1, 0.15) is 53.2 Å². The fraction of sp³-hybridized carbons (Fsp3) is 0.296. The lowest BCUT2D eigenvalue weighted by molar-refractivity contribution is -0.148. The highest BCUT2D eigenvalue weighted by Crippen LogP contribution is 2.44. The lowest BCUT2D eigenvalue weighted by Crippen LogP contribution is -2.26. The standard InChI is InChI=1S/C27H27FO6S/c1-17-7-11-23(12-8-17)35(31,32)33-16-22(30)15-26-24-6-4-3-5-19(24)13-20-9-10-21(28)14-25(20)27(26)34-18(2)29/h3-12,14,22,26-27,30H,13,15-16H2,1-2H3. The Balaban J connectivity index is 1.62. The third-order valence-corrected chi connectivity index (χ3v) is 7.46. The molecule has 1 aliphatic carbocycles. The average Bonchev–Trinajstić information content (AvgIpc) is 2.93. The van der Waals surface area contributed by atoms with Gasteiger partial charge in [-0.05, 0) is 66.3 Å². The fourth-order valence-electron chi connectivity index (χ4n) is 4.51. The molecule has 0 amide bonds. The van der Waals surface area contributed by atoms with Crippen LogP contribution in [0.2, 0.25) is 0 Å². The molecular formula is C27H27FO6S. The molecule has 0 radical (unpaired) electrons. The van der Waals surface area contributed by atoms with E-state index in [0.717, 1.165) is 22.3 Å². The molecular weight excluding hydrogens is 471 g/mol. The van der Waals surface area contributed by atoms with Crippen LogP contribution >= 0.6 is 0 Å². The van der Waals surface area contributed by atoms with Crippen molar-refractivity contribution in [2.24, 2.45) is 0 Å². The Morgan fingerprint density at radius 1 is 1.06 bits per heavy atom. The molecule has 0 bridgehead atoms. The number of halogens is 1. The van der Waals surface area contributed by atoms with Crippen LogP contribution in [0, 0.1) is 12.7 Å². The van der Waals surface area contributed by atoms with Crippen molar-refractivity contribution in [2.45, 2.75) is 49.7 Å². The number of hydrogen-bond donors (Lipinski definition) is 1. The number of hydrogen-bond acceptors (Lipinski definition) is 6. The molecule has 35 heavy (non-hydrogen) atoms. The number of aryl methyl sites for hydroxylation is 1. The number of carbonyl (C=O) groups excluding carboxylic acids is 1. The Kier molecular flexibility index (Phi) is 7.35. The van der Waals surface area contributed by atoms with Gasteiger partial charge < -0.3 is 9.84 Å². The molecule has 0 saturated heterocycles. The summed E-state index contributed by atoms with van der Waals surface area (Å²) in [4.78, 5) is 12.0. The van der Waals surface area contributed by atoms with Crippen molar-refractivity contribution in [1.82, 2.24) is 0 Å². The molecule has 3 aromatic carbocycles. The summed E-state index contributed by atoms with van der Waals surface area (Å²) in [5.41, 5.74) is 4.06. The Bertz CT molecular complexity index is 1320. The van der Waals surface area contributed by atoms with Crippen LogP contribution in [0.25, 0.3) is 0 Å². The summed E-state index contributed by atoms with van der Waals surface area (Å²) in [6, 6.07) is 18.2. The minimum absolute atomic E-state index is 0.00250. The topological polar surface area (TPSA) is 89.9 Å². The molecule has 1 N–H and O–H groups in total. The predicted octanol–water partition coefficient (Wildman–Crippen LogP) is 4.58. The van der Waals surface area contributed by atoms with Crippen molar-refractivity contribution in [1.29, 1.82) is 0 Å². The van der Waals surface area contributed by atoms with E-state index in [9.17, 15) is 22.7 Å². The average molecular weight is 499 g/mol. The molecule has 3 unspecified atom stereocenters. The van der Waals surface area contributed by atoms with E-state index in [0.29, 0.717) is 12.0 Å². The molecule has 4 rings (SSSR count). The summed E-state index contributed by atoms with van der Waals surface area (Å²) in [5.74, 6) is -1.54. The molecule has 0 spiro atoms. The minimum atomic E-state index is -4.06. The maximum atomic E-state index is 14.2. The Morgan fingerprint density at radius 3 is 2.46 bits per heavy atom. The second kappa shape index (κ2) is 10.3. The van der Waals surface area contributed by atoms with Crippen LogP contribution in [-0.4, -0.2) is 32.2 Å². The first-order chi connectivity index (χ1) is 16.6. The highest BCUT2D eigenvalue weighted by atomic mass is 32.2. The quantitative estimate of drug-likeness (QED) is 0.379. The summed E-state index contributed by atoms with van der Waals surface area (Å²) in [6.45, 7) is 2.65. The molecule has 3 aromatic rings. The highest BCUT2D eigenvalue weighted by Gasteiger charge is 2.35. The summed E-state index contributed by atoms with van der Waals surface area (Å²) >= 11 is 0. The molecule has 0 fully saturated rings. The number of benzene rings is 3. The molecule has 0 aliphatic heterocycles. The van der Waals surface area contributed by atoms with Crippen molar-refractivity contribution < 1.29 is 31.6 Å². The lowest BCUT2D eigenvalue weighted by Gasteiger charge is -2.29. The van der Waals surface area contributed by atoms with Gasteiger partial charge in [-0.3, -0.25) is 8.98 Å². The molecule has 184 valence electrons. The first-order valence-corrected chi connectivity index (χ1v) is 12.7. The summed E-state index contributed by atoms with van der Waals surface area (Å²) < 4.78 is 50.1. The molecule has 1 aliphatic rings. The zero-order chi connectivity index (χ0) is 25.2. The summed E-state index contributed by atoms with van der Waals surface area (Å²) in [5, 5.41) is 10.8. The maximum absolute atomic E-state index is 14.2. The fourth-order valence-corrected chi connectivity index (χ4v) is 5.45.